The van der Waals surface area contributed by atoms with Crippen molar-refractivity contribution in [2.24, 2.45) is 5.92 Å². The maximum absolute atomic E-state index is 13.2. The number of nitrogens with one attached hydrogen (secondary N) is 1. The van der Waals surface area contributed by atoms with E-state index >= 15 is 0 Å². The van der Waals surface area contributed by atoms with Gasteiger partial charge in [0, 0.05) is 11.7 Å². The van der Waals surface area contributed by atoms with Crippen LogP contribution in [0, 0.1) is 11.7 Å². The molecule has 5 heteroatoms. The van der Waals surface area contributed by atoms with Gasteiger partial charge in [-0.1, -0.05) is 19.8 Å². The van der Waals surface area contributed by atoms with Gasteiger partial charge in [0.25, 0.3) is 0 Å². The average molecular weight is 275 g/mol. The van der Waals surface area contributed by atoms with Crippen molar-refractivity contribution in [3.63, 3.8) is 0 Å². The number of rotatable bonds is 2. The van der Waals surface area contributed by atoms with Crippen LogP contribution in [0.4, 0.5) is 23.2 Å². The summed E-state index contributed by atoms with van der Waals surface area (Å²) in [5.41, 5.74) is -0.866. The molecule has 19 heavy (non-hydrogen) atoms. The Morgan fingerprint density at radius 1 is 1.21 bits per heavy atom. The number of halogens is 4. The molecule has 0 spiro atoms. The van der Waals surface area contributed by atoms with Gasteiger partial charge in [0.05, 0.1) is 5.56 Å². The van der Waals surface area contributed by atoms with Crippen LogP contribution in [0.2, 0.25) is 0 Å². The van der Waals surface area contributed by atoms with Gasteiger partial charge in [0.15, 0.2) is 0 Å². The molecule has 0 aliphatic heterocycles. The Labute approximate surface area is 110 Å². The molecular weight excluding hydrogens is 258 g/mol. The molecule has 1 N–H and O–H groups in total. The largest absolute Gasteiger partial charge is 0.419 e. The minimum Gasteiger partial charge on any atom is -0.382 e. The summed E-state index contributed by atoms with van der Waals surface area (Å²) in [6.45, 7) is 2.14. The number of anilines is 1. The lowest BCUT2D eigenvalue weighted by atomic mass is 9.87. The van der Waals surface area contributed by atoms with Crippen LogP contribution in [0.1, 0.15) is 38.2 Å². The second-order valence-corrected chi connectivity index (χ2v) is 5.31. The maximum Gasteiger partial charge on any atom is 0.419 e. The molecule has 1 nitrogen and oxygen atoms in total. The van der Waals surface area contributed by atoms with E-state index in [4.69, 9.17) is 0 Å². The molecule has 2 rings (SSSR count). The van der Waals surface area contributed by atoms with Crippen LogP contribution in [0.3, 0.4) is 0 Å². The third-order valence-electron chi connectivity index (χ3n) is 3.58. The van der Waals surface area contributed by atoms with Crippen molar-refractivity contribution in [3.05, 3.63) is 29.6 Å². The second-order valence-electron chi connectivity index (χ2n) is 5.31. The van der Waals surface area contributed by atoms with E-state index in [9.17, 15) is 17.6 Å². The SMILES string of the molecule is CC1CCCC(Nc2ccc(F)c(C(F)(F)F)c2)C1. The van der Waals surface area contributed by atoms with Crippen LogP contribution >= 0.6 is 0 Å². The van der Waals surface area contributed by atoms with Crippen LogP contribution in [0.25, 0.3) is 0 Å². The molecule has 106 valence electrons. The molecule has 0 aromatic heterocycles. The summed E-state index contributed by atoms with van der Waals surface area (Å²) in [4.78, 5) is 0. The summed E-state index contributed by atoms with van der Waals surface area (Å²) < 4.78 is 51.0. The Balaban J connectivity index is 2.13. The summed E-state index contributed by atoms with van der Waals surface area (Å²) in [7, 11) is 0. The molecule has 0 amide bonds. The maximum atomic E-state index is 13.2. The summed E-state index contributed by atoms with van der Waals surface area (Å²) >= 11 is 0. The lowest BCUT2D eigenvalue weighted by Gasteiger charge is -2.28. The summed E-state index contributed by atoms with van der Waals surface area (Å²) in [6, 6.07) is 3.27. The molecule has 1 fully saturated rings. The molecule has 0 radical (unpaired) electrons. The van der Waals surface area contributed by atoms with Crippen molar-refractivity contribution < 1.29 is 17.6 Å². The highest BCUT2D eigenvalue weighted by Gasteiger charge is 2.34. The zero-order valence-corrected chi connectivity index (χ0v) is 10.7. The minimum absolute atomic E-state index is 0.176. The first-order valence-corrected chi connectivity index (χ1v) is 6.49. The molecule has 2 unspecified atom stereocenters. The molecule has 1 aliphatic carbocycles. The molecule has 1 aromatic rings. The van der Waals surface area contributed by atoms with E-state index in [1.165, 1.54) is 6.07 Å². The Morgan fingerprint density at radius 2 is 1.95 bits per heavy atom. The normalized spacial score (nSPS) is 24.3. The quantitative estimate of drug-likeness (QED) is 0.762. The third kappa shape index (κ3) is 3.61. The fourth-order valence-corrected chi connectivity index (χ4v) is 2.63. The lowest BCUT2D eigenvalue weighted by Crippen LogP contribution is -2.26. The average Bonchev–Trinajstić information content (AvgIpc) is 2.30. The molecule has 0 heterocycles. The fourth-order valence-electron chi connectivity index (χ4n) is 2.63. The summed E-state index contributed by atoms with van der Waals surface area (Å²) in [5, 5.41) is 3.08. The highest BCUT2D eigenvalue weighted by Crippen LogP contribution is 2.34. The van der Waals surface area contributed by atoms with Gasteiger partial charge >= 0.3 is 6.18 Å². The molecule has 2 atom stereocenters. The van der Waals surface area contributed by atoms with Crippen LogP contribution in [0.15, 0.2) is 18.2 Å². The van der Waals surface area contributed by atoms with Gasteiger partial charge < -0.3 is 5.32 Å². The summed E-state index contributed by atoms with van der Waals surface area (Å²) in [6.07, 6.45) is -0.523. The molecule has 1 saturated carbocycles. The Kier molecular flexibility index (Phi) is 4.02. The molecule has 1 aromatic carbocycles. The standard InChI is InChI=1S/C14H17F4N/c1-9-3-2-4-10(7-9)19-11-5-6-13(15)12(8-11)14(16,17)18/h5-6,8-10,19H,2-4,7H2,1H3. The van der Waals surface area contributed by atoms with Crippen molar-refractivity contribution >= 4 is 5.69 Å². The van der Waals surface area contributed by atoms with Crippen molar-refractivity contribution in [1.82, 2.24) is 0 Å². The predicted octanol–water partition coefficient (Wildman–Crippen LogP) is 4.84. The van der Waals surface area contributed by atoms with Crippen LogP contribution in [0.5, 0.6) is 0 Å². The molecule has 1 aliphatic rings. The number of benzene rings is 1. The van der Waals surface area contributed by atoms with Crippen molar-refractivity contribution in [2.45, 2.75) is 44.8 Å². The fraction of sp³-hybridized carbons (Fsp3) is 0.571. The number of hydrogen-bond acceptors (Lipinski definition) is 1. The van der Waals surface area contributed by atoms with Gasteiger partial charge in [-0.25, -0.2) is 4.39 Å². The predicted molar refractivity (Wildman–Crippen MR) is 66.4 cm³/mol. The van der Waals surface area contributed by atoms with Crippen molar-refractivity contribution in [2.75, 3.05) is 5.32 Å². The lowest BCUT2D eigenvalue weighted by molar-refractivity contribution is -0.139. The number of alkyl halides is 3. The first-order chi connectivity index (χ1) is 8.86. The minimum atomic E-state index is -4.65. The first-order valence-electron chi connectivity index (χ1n) is 6.49. The molecule has 0 bridgehead atoms. The number of hydrogen-bond donors (Lipinski definition) is 1. The van der Waals surface area contributed by atoms with Gasteiger partial charge in [0.1, 0.15) is 5.82 Å². The van der Waals surface area contributed by atoms with E-state index in [1.54, 1.807) is 0 Å². The Bertz CT molecular complexity index is 442. The zero-order valence-electron chi connectivity index (χ0n) is 10.7. The van der Waals surface area contributed by atoms with Gasteiger partial charge in [-0.05, 0) is 37.0 Å². The summed E-state index contributed by atoms with van der Waals surface area (Å²) in [5.74, 6) is -0.649. The van der Waals surface area contributed by atoms with Crippen molar-refractivity contribution in [1.29, 1.82) is 0 Å². The Morgan fingerprint density at radius 3 is 2.58 bits per heavy atom. The van der Waals surface area contributed by atoms with Crippen molar-refractivity contribution in [3.8, 4) is 0 Å². The molecule has 0 saturated heterocycles. The first kappa shape index (κ1) is 14.2. The van der Waals surface area contributed by atoms with E-state index in [0.717, 1.165) is 37.8 Å². The van der Waals surface area contributed by atoms with E-state index in [0.29, 0.717) is 11.6 Å². The highest BCUT2D eigenvalue weighted by molar-refractivity contribution is 5.47. The van der Waals surface area contributed by atoms with Gasteiger partial charge in [0.2, 0.25) is 0 Å². The topological polar surface area (TPSA) is 12.0 Å². The van der Waals surface area contributed by atoms with E-state index in [1.807, 2.05) is 0 Å². The van der Waals surface area contributed by atoms with Gasteiger partial charge in [-0.15, -0.1) is 0 Å². The monoisotopic (exact) mass is 275 g/mol. The third-order valence-corrected chi connectivity index (χ3v) is 3.58. The van der Waals surface area contributed by atoms with Crippen LogP contribution in [-0.4, -0.2) is 6.04 Å². The zero-order chi connectivity index (χ0) is 14.0. The highest BCUT2D eigenvalue weighted by atomic mass is 19.4. The Hall–Kier alpha value is -1.26. The van der Waals surface area contributed by atoms with Gasteiger partial charge in [-0.3, -0.25) is 0 Å². The van der Waals surface area contributed by atoms with Crippen LogP contribution < -0.4 is 5.32 Å². The molecular formula is C14H17F4N. The smallest absolute Gasteiger partial charge is 0.382 e. The second kappa shape index (κ2) is 5.39. The van der Waals surface area contributed by atoms with E-state index < -0.39 is 17.6 Å². The van der Waals surface area contributed by atoms with Crippen LogP contribution in [-0.2, 0) is 6.18 Å². The van der Waals surface area contributed by atoms with E-state index in [2.05, 4.69) is 12.2 Å². The van der Waals surface area contributed by atoms with E-state index in [-0.39, 0.29) is 6.04 Å². The van der Waals surface area contributed by atoms with Gasteiger partial charge in [-0.2, -0.15) is 13.2 Å².